The number of benzene rings is 2. The van der Waals surface area contributed by atoms with Gasteiger partial charge in [-0.1, -0.05) is 26.0 Å². The SMILES string of the molecule is CC(Oc1ccc(C(C)C)cc1)C(=O)Nc1ccc(C(=O)NCc2ccco2)cc1. The van der Waals surface area contributed by atoms with Gasteiger partial charge in [-0.05, 0) is 66.9 Å². The number of rotatable bonds is 8. The van der Waals surface area contributed by atoms with Crippen LogP contribution < -0.4 is 15.4 Å². The molecule has 0 aliphatic carbocycles. The second-order valence-corrected chi connectivity index (χ2v) is 7.31. The predicted molar refractivity (Wildman–Crippen MR) is 116 cm³/mol. The largest absolute Gasteiger partial charge is 0.481 e. The van der Waals surface area contributed by atoms with Crippen molar-refractivity contribution in [1.29, 1.82) is 0 Å². The molecule has 0 saturated carbocycles. The Morgan fingerprint density at radius 3 is 2.27 bits per heavy atom. The summed E-state index contributed by atoms with van der Waals surface area (Å²) >= 11 is 0. The van der Waals surface area contributed by atoms with E-state index in [0.29, 0.717) is 35.2 Å². The van der Waals surface area contributed by atoms with E-state index in [0.717, 1.165) is 0 Å². The van der Waals surface area contributed by atoms with E-state index in [9.17, 15) is 9.59 Å². The molecule has 6 heteroatoms. The number of carbonyl (C=O) groups is 2. The molecule has 2 amide bonds. The van der Waals surface area contributed by atoms with E-state index < -0.39 is 6.10 Å². The maximum absolute atomic E-state index is 12.4. The van der Waals surface area contributed by atoms with E-state index in [1.807, 2.05) is 24.3 Å². The summed E-state index contributed by atoms with van der Waals surface area (Å²) in [5, 5.41) is 5.58. The molecule has 1 aromatic heterocycles. The van der Waals surface area contributed by atoms with Crippen LogP contribution in [0.5, 0.6) is 5.75 Å². The summed E-state index contributed by atoms with van der Waals surface area (Å²) in [7, 11) is 0. The summed E-state index contributed by atoms with van der Waals surface area (Å²) in [6.45, 7) is 6.26. The summed E-state index contributed by atoms with van der Waals surface area (Å²) in [5.41, 5.74) is 2.30. The number of amides is 2. The molecule has 30 heavy (non-hydrogen) atoms. The lowest BCUT2D eigenvalue weighted by Crippen LogP contribution is -2.30. The standard InChI is InChI=1S/C24H26N2O4/c1-16(2)18-8-12-21(13-9-18)30-17(3)23(27)26-20-10-6-19(7-11-20)24(28)25-15-22-5-4-14-29-22/h4-14,16-17H,15H2,1-3H3,(H,25,28)(H,26,27). The van der Waals surface area contributed by atoms with Crippen LogP contribution in [0.25, 0.3) is 0 Å². The van der Waals surface area contributed by atoms with Gasteiger partial charge >= 0.3 is 0 Å². The lowest BCUT2D eigenvalue weighted by atomic mass is 10.0. The molecule has 0 spiro atoms. The zero-order chi connectivity index (χ0) is 21.5. The number of anilines is 1. The molecule has 0 saturated heterocycles. The minimum absolute atomic E-state index is 0.217. The highest BCUT2D eigenvalue weighted by Crippen LogP contribution is 2.20. The van der Waals surface area contributed by atoms with Crippen LogP contribution in [0, 0.1) is 0 Å². The van der Waals surface area contributed by atoms with Crippen molar-refractivity contribution in [3.05, 3.63) is 83.8 Å². The third-order valence-electron chi connectivity index (χ3n) is 4.65. The van der Waals surface area contributed by atoms with Crippen LogP contribution in [-0.2, 0) is 11.3 Å². The van der Waals surface area contributed by atoms with Crippen molar-refractivity contribution in [3.8, 4) is 5.75 Å². The topological polar surface area (TPSA) is 80.6 Å². The molecule has 1 unspecified atom stereocenters. The molecule has 0 bridgehead atoms. The van der Waals surface area contributed by atoms with Gasteiger partial charge in [0.15, 0.2) is 6.10 Å². The van der Waals surface area contributed by atoms with Crippen molar-refractivity contribution in [1.82, 2.24) is 5.32 Å². The van der Waals surface area contributed by atoms with Gasteiger partial charge in [0.25, 0.3) is 11.8 Å². The maximum Gasteiger partial charge on any atom is 0.265 e. The number of ether oxygens (including phenoxy) is 1. The van der Waals surface area contributed by atoms with Crippen LogP contribution in [0.1, 0.15) is 48.4 Å². The van der Waals surface area contributed by atoms with Crippen LogP contribution in [0.15, 0.2) is 71.3 Å². The minimum Gasteiger partial charge on any atom is -0.481 e. The van der Waals surface area contributed by atoms with E-state index >= 15 is 0 Å². The molecule has 1 heterocycles. The summed E-state index contributed by atoms with van der Waals surface area (Å²) in [5.74, 6) is 1.28. The summed E-state index contributed by atoms with van der Waals surface area (Å²) in [6, 6.07) is 18.0. The first-order valence-corrected chi connectivity index (χ1v) is 9.90. The predicted octanol–water partition coefficient (Wildman–Crippen LogP) is 4.74. The van der Waals surface area contributed by atoms with Crippen LogP contribution in [0.2, 0.25) is 0 Å². The Morgan fingerprint density at radius 1 is 0.967 bits per heavy atom. The van der Waals surface area contributed by atoms with Crippen LogP contribution in [-0.4, -0.2) is 17.9 Å². The van der Waals surface area contributed by atoms with Crippen molar-refractivity contribution < 1.29 is 18.7 Å². The summed E-state index contributed by atoms with van der Waals surface area (Å²) in [4.78, 5) is 24.6. The molecule has 6 nitrogen and oxygen atoms in total. The van der Waals surface area contributed by atoms with Gasteiger partial charge in [0.1, 0.15) is 11.5 Å². The van der Waals surface area contributed by atoms with Gasteiger partial charge < -0.3 is 19.8 Å². The van der Waals surface area contributed by atoms with Crippen LogP contribution in [0.3, 0.4) is 0 Å². The quantitative estimate of drug-likeness (QED) is 0.566. The lowest BCUT2D eigenvalue weighted by Gasteiger charge is -2.15. The molecular weight excluding hydrogens is 380 g/mol. The second kappa shape index (κ2) is 9.78. The number of furan rings is 1. The fraction of sp³-hybridized carbons (Fsp3) is 0.250. The van der Waals surface area contributed by atoms with Crippen molar-refractivity contribution in [2.45, 2.75) is 39.3 Å². The van der Waals surface area contributed by atoms with E-state index in [2.05, 4.69) is 24.5 Å². The Bertz CT molecular complexity index is 961. The smallest absolute Gasteiger partial charge is 0.265 e. The van der Waals surface area contributed by atoms with Gasteiger partial charge in [-0.25, -0.2) is 0 Å². The van der Waals surface area contributed by atoms with Crippen molar-refractivity contribution in [2.75, 3.05) is 5.32 Å². The highest BCUT2D eigenvalue weighted by atomic mass is 16.5. The number of hydrogen-bond acceptors (Lipinski definition) is 4. The van der Waals surface area contributed by atoms with Gasteiger partial charge in [0, 0.05) is 11.3 Å². The van der Waals surface area contributed by atoms with Crippen molar-refractivity contribution in [3.63, 3.8) is 0 Å². The van der Waals surface area contributed by atoms with Gasteiger partial charge in [-0.3, -0.25) is 9.59 Å². The summed E-state index contributed by atoms with van der Waals surface area (Å²) < 4.78 is 10.9. The molecule has 0 aliphatic rings. The number of nitrogens with one attached hydrogen (secondary N) is 2. The van der Waals surface area contributed by atoms with Gasteiger partial charge in [-0.15, -0.1) is 0 Å². The zero-order valence-corrected chi connectivity index (χ0v) is 17.3. The van der Waals surface area contributed by atoms with Crippen molar-refractivity contribution >= 4 is 17.5 Å². The van der Waals surface area contributed by atoms with E-state index in [1.54, 1.807) is 49.6 Å². The lowest BCUT2D eigenvalue weighted by molar-refractivity contribution is -0.122. The maximum atomic E-state index is 12.4. The fourth-order valence-corrected chi connectivity index (χ4v) is 2.82. The fourth-order valence-electron chi connectivity index (χ4n) is 2.82. The Hall–Kier alpha value is -3.54. The van der Waals surface area contributed by atoms with E-state index in [4.69, 9.17) is 9.15 Å². The minimum atomic E-state index is -0.661. The third-order valence-corrected chi connectivity index (χ3v) is 4.65. The molecular formula is C24H26N2O4. The molecule has 0 radical (unpaired) electrons. The number of hydrogen-bond donors (Lipinski definition) is 2. The average Bonchev–Trinajstić information content (AvgIpc) is 3.26. The first-order chi connectivity index (χ1) is 14.4. The molecule has 0 aliphatic heterocycles. The van der Waals surface area contributed by atoms with E-state index in [-0.39, 0.29) is 11.8 Å². The van der Waals surface area contributed by atoms with Gasteiger partial charge in [0.2, 0.25) is 0 Å². The molecule has 3 aromatic rings. The summed E-state index contributed by atoms with van der Waals surface area (Å²) in [6.07, 6.45) is 0.899. The Balaban J connectivity index is 1.51. The monoisotopic (exact) mass is 406 g/mol. The molecule has 3 rings (SSSR count). The Kier molecular flexibility index (Phi) is 6.91. The number of carbonyl (C=O) groups excluding carboxylic acids is 2. The van der Waals surface area contributed by atoms with Gasteiger partial charge in [-0.2, -0.15) is 0 Å². The first kappa shape index (κ1) is 21.2. The Morgan fingerprint density at radius 2 is 1.67 bits per heavy atom. The highest BCUT2D eigenvalue weighted by molar-refractivity contribution is 5.96. The zero-order valence-electron chi connectivity index (χ0n) is 17.3. The second-order valence-electron chi connectivity index (χ2n) is 7.31. The average molecular weight is 406 g/mol. The van der Waals surface area contributed by atoms with Crippen LogP contribution in [0.4, 0.5) is 5.69 Å². The molecule has 2 aromatic carbocycles. The first-order valence-electron chi connectivity index (χ1n) is 9.90. The van der Waals surface area contributed by atoms with Crippen LogP contribution >= 0.6 is 0 Å². The Labute approximate surface area is 176 Å². The highest BCUT2D eigenvalue weighted by Gasteiger charge is 2.15. The molecule has 156 valence electrons. The third kappa shape index (κ3) is 5.73. The molecule has 2 N–H and O–H groups in total. The molecule has 0 fully saturated rings. The van der Waals surface area contributed by atoms with E-state index in [1.165, 1.54) is 5.56 Å². The molecule has 1 atom stereocenters. The normalized spacial score (nSPS) is 11.7. The van der Waals surface area contributed by atoms with Crippen molar-refractivity contribution in [2.24, 2.45) is 0 Å². The van der Waals surface area contributed by atoms with Gasteiger partial charge in [0.05, 0.1) is 12.8 Å².